The molecule has 1 aromatic rings. The lowest BCUT2D eigenvalue weighted by Gasteiger charge is -2.14. The predicted molar refractivity (Wildman–Crippen MR) is 116 cm³/mol. The lowest BCUT2D eigenvalue weighted by atomic mass is 10.1. The second kappa shape index (κ2) is 13.5. The first-order valence-electron chi connectivity index (χ1n) is 8.68. The zero-order chi connectivity index (χ0) is 17.1. The first-order valence-corrected chi connectivity index (χ1v) is 8.68. The van der Waals surface area contributed by atoms with Crippen molar-refractivity contribution in [2.75, 3.05) is 27.7 Å². The van der Waals surface area contributed by atoms with Crippen molar-refractivity contribution in [1.29, 1.82) is 0 Å². The molecule has 138 valence electrons. The number of nitrogens with one attached hydrogen (secondary N) is 2. The number of rotatable bonds is 9. The Balaban J connectivity index is 0.00000529. The van der Waals surface area contributed by atoms with Crippen LogP contribution in [0.15, 0.2) is 29.3 Å². The van der Waals surface area contributed by atoms with Gasteiger partial charge in [0.1, 0.15) is 0 Å². The Bertz CT molecular complexity index is 472. The molecule has 0 aromatic heterocycles. The summed E-state index contributed by atoms with van der Waals surface area (Å²) in [6.45, 7) is 7.30. The normalized spacial score (nSPS) is 11.5. The molecular weight excluding hydrogens is 411 g/mol. The maximum atomic E-state index is 4.29. The molecule has 24 heavy (non-hydrogen) atoms. The summed E-state index contributed by atoms with van der Waals surface area (Å²) in [5, 5.41) is 6.78. The van der Waals surface area contributed by atoms with Gasteiger partial charge in [0.25, 0.3) is 0 Å². The second-order valence-corrected chi connectivity index (χ2v) is 6.80. The number of hydrogen-bond donors (Lipinski definition) is 2. The van der Waals surface area contributed by atoms with E-state index in [1.165, 1.54) is 30.4 Å². The first kappa shape index (κ1) is 23.2. The van der Waals surface area contributed by atoms with E-state index in [1.54, 1.807) is 0 Å². The van der Waals surface area contributed by atoms with Gasteiger partial charge in [0.15, 0.2) is 5.96 Å². The number of guanidine groups is 1. The quantitative estimate of drug-likeness (QED) is 0.262. The highest BCUT2D eigenvalue weighted by Gasteiger charge is 2.01. The van der Waals surface area contributed by atoms with Crippen molar-refractivity contribution >= 4 is 29.9 Å². The number of unbranched alkanes of at least 4 members (excludes halogenated alkanes) is 1. The smallest absolute Gasteiger partial charge is 0.191 e. The molecule has 0 unspecified atom stereocenters. The summed E-state index contributed by atoms with van der Waals surface area (Å²) in [6, 6.07) is 8.70. The van der Waals surface area contributed by atoms with E-state index in [0.717, 1.165) is 31.5 Å². The number of nitrogens with zero attached hydrogens (tertiary/aromatic N) is 2. The lowest BCUT2D eigenvalue weighted by molar-refractivity contribution is 0.402. The third-order valence-corrected chi connectivity index (χ3v) is 3.67. The van der Waals surface area contributed by atoms with Gasteiger partial charge >= 0.3 is 0 Å². The Morgan fingerprint density at radius 3 is 2.46 bits per heavy atom. The average molecular weight is 446 g/mol. The molecule has 0 aliphatic rings. The predicted octanol–water partition coefficient (Wildman–Crippen LogP) is 3.86. The molecule has 4 nitrogen and oxygen atoms in total. The van der Waals surface area contributed by atoms with Gasteiger partial charge in [-0.2, -0.15) is 0 Å². The van der Waals surface area contributed by atoms with E-state index >= 15 is 0 Å². The van der Waals surface area contributed by atoms with E-state index in [2.05, 4.69) is 72.7 Å². The summed E-state index contributed by atoms with van der Waals surface area (Å²) in [4.78, 5) is 6.48. The monoisotopic (exact) mass is 446 g/mol. The van der Waals surface area contributed by atoms with Crippen molar-refractivity contribution in [1.82, 2.24) is 15.5 Å². The Hall–Kier alpha value is -0.820. The standard InChI is InChI=1S/C19H34N4.HI/c1-16(2)9-6-7-12-21-19(20-3)22-14-17-10-8-11-18(13-17)15-23(4)5;/h8,10-11,13,16H,6-7,9,12,14-15H2,1-5H3,(H2,20,21,22);1H. The van der Waals surface area contributed by atoms with E-state index in [0.29, 0.717) is 0 Å². The Labute approximate surface area is 165 Å². The molecule has 0 radical (unpaired) electrons. The first-order chi connectivity index (χ1) is 11.0. The van der Waals surface area contributed by atoms with Crippen molar-refractivity contribution in [2.45, 2.75) is 46.2 Å². The van der Waals surface area contributed by atoms with Gasteiger partial charge in [-0.25, -0.2) is 0 Å². The minimum Gasteiger partial charge on any atom is -0.356 e. The van der Waals surface area contributed by atoms with Gasteiger partial charge in [0.05, 0.1) is 0 Å². The minimum absolute atomic E-state index is 0. The van der Waals surface area contributed by atoms with Gasteiger partial charge in [-0.15, -0.1) is 24.0 Å². The fourth-order valence-corrected chi connectivity index (χ4v) is 2.49. The van der Waals surface area contributed by atoms with Crippen LogP contribution in [-0.2, 0) is 13.1 Å². The van der Waals surface area contributed by atoms with Crippen LogP contribution < -0.4 is 10.6 Å². The van der Waals surface area contributed by atoms with Crippen LogP contribution in [0.1, 0.15) is 44.2 Å². The van der Waals surface area contributed by atoms with Gasteiger partial charge in [0.2, 0.25) is 0 Å². The van der Waals surface area contributed by atoms with Crippen molar-refractivity contribution in [2.24, 2.45) is 10.9 Å². The van der Waals surface area contributed by atoms with Crippen molar-refractivity contribution in [3.8, 4) is 0 Å². The number of hydrogen-bond acceptors (Lipinski definition) is 2. The van der Waals surface area contributed by atoms with E-state index in [4.69, 9.17) is 0 Å². The van der Waals surface area contributed by atoms with E-state index in [1.807, 2.05) is 7.05 Å². The Morgan fingerprint density at radius 1 is 1.12 bits per heavy atom. The van der Waals surface area contributed by atoms with E-state index < -0.39 is 0 Å². The van der Waals surface area contributed by atoms with Gasteiger partial charge in [0, 0.05) is 26.7 Å². The molecule has 0 aliphatic heterocycles. The molecule has 0 heterocycles. The summed E-state index contributed by atoms with van der Waals surface area (Å²) < 4.78 is 0. The van der Waals surface area contributed by atoms with Crippen LogP contribution in [0.25, 0.3) is 0 Å². The maximum absolute atomic E-state index is 4.29. The largest absolute Gasteiger partial charge is 0.356 e. The molecule has 0 fully saturated rings. The van der Waals surface area contributed by atoms with Crippen molar-refractivity contribution in [3.05, 3.63) is 35.4 Å². The average Bonchev–Trinajstić information content (AvgIpc) is 2.49. The van der Waals surface area contributed by atoms with E-state index in [9.17, 15) is 0 Å². The molecular formula is C19H35IN4. The highest BCUT2D eigenvalue weighted by molar-refractivity contribution is 14.0. The lowest BCUT2D eigenvalue weighted by Crippen LogP contribution is -2.37. The van der Waals surface area contributed by atoms with Gasteiger partial charge in [-0.05, 0) is 37.6 Å². The molecule has 2 N–H and O–H groups in total. The molecule has 0 atom stereocenters. The third kappa shape index (κ3) is 10.9. The topological polar surface area (TPSA) is 39.7 Å². The van der Waals surface area contributed by atoms with Crippen LogP contribution in [-0.4, -0.2) is 38.5 Å². The van der Waals surface area contributed by atoms with Crippen molar-refractivity contribution in [3.63, 3.8) is 0 Å². The van der Waals surface area contributed by atoms with Crippen LogP contribution in [0, 0.1) is 5.92 Å². The zero-order valence-corrected chi connectivity index (χ0v) is 18.3. The Morgan fingerprint density at radius 2 is 1.83 bits per heavy atom. The second-order valence-electron chi connectivity index (χ2n) is 6.80. The van der Waals surface area contributed by atoms with Gasteiger partial charge in [-0.3, -0.25) is 4.99 Å². The van der Waals surface area contributed by atoms with Crippen LogP contribution in [0.4, 0.5) is 0 Å². The summed E-state index contributed by atoms with van der Waals surface area (Å²) in [5.41, 5.74) is 2.62. The maximum Gasteiger partial charge on any atom is 0.191 e. The van der Waals surface area contributed by atoms with Gasteiger partial charge in [-0.1, -0.05) is 51.0 Å². The van der Waals surface area contributed by atoms with Crippen LogP contribution in [0.3, 0.4) is 0 Å². The van der Waals surface area contributed by atoms with Crippen LogP contribution >= 0.6 is 24.0 Å². The van der Waals surface area contributed by atoms with E-state index in [-0.39, 0.29) is 24.0 Å². The number of benzene rings is 1. The molecule has 0 spiro atoms. The van der Waals surface area contributed by atoms with Gasteiger partial charge < -0.3 is 15.5 Å². The van der Waals surface area contributed by atoms with Crippen LogP contribution in [0.5, 0.6) is 0 Å². The fourth-order valence-electron chi connectivity index (χ4n) is 2.49. The Kier molecular flexibility index (Phi) is 13.0. The highest BCUT2D eigenvalue weighted by atomic mass is 127. The molecule has 0 amide bonds. The van der Waals surface area contributed by atoms with Crippen LogP contribution in [0.2, 0.25) is 0 Å². The molecule has 0 bridgehead atoms. The fraction of sp³-hybridized carbons (Fsp3) is 0.632. The molecule has 1 rings (SSSR count). The summed E-state index contributed by atoms with van der Waals surface area (Å²) in [7, 11) is 6.01. The highest BCUT2D eigenvalue weighted by Crippen LogP contribution is 2.07. The van der Waals surface area contributed by atoms with Crippen molar-refractivity contribution < 1.29 is 0 Å². The summed E-state index contributed by atoms with van der Waals surface area (Å²) in [5.74, 6) is 1.68. The minimum atomic E-state index is 0. The summed E-state index contributed by atoms with van der Waals surface area (Å²) >= 11 is 0. The third-order valence-electron chi connectivity index (χ3n) is 3.67. The molecule has 1 aromatic carbocycles. The summed E-state index contributed by atoms with van der Waals surface area (Å²) in [6.07, 6.45) is 3.76. The molecule has 0 saturated heterocycles. The molecule has 0 saturated carbocycles. The molecule has 5 heteroatoms. The SMILES string of the molecule is CN=C(NCCCCC(C)C)NCc1cccc(CN(C)C)c1.I. The number of halogens is 1. The zero-order valence-electron chi connectivity index (χ0n) is 15.9. The molecule has 0 aliphatic carbocycles. The number of aliphatic imine (C=N–C) groups is 1.